The topological polar surface area (TPSA) is 37.3 Å². The van der Waals surface area contributed by atoms with Gasteiger partial charge >= 0.3 is 5.97 Å². The minimum absolute atomic E-state index is 0.0752. The fourth-order valence-corrected chi connectivity index (χ4v) is 1.69. The van der Waals surface area contributed by atoms with E-state index in [1.807, 2.05) is 6.92 Å². The Balaban J connectivity index is 3.31. The summed E-state index contributed by atoms with van der Waals surface area (Å²) in [6, 6.07) is 3.82. The van der Waals surface area contributed by atoms with Crippen LogP contribution in [-0.4, -0.2) is 11.1 Å². The summed E-state index contributed by atoms with van der Waals surface area (Å²) in [6.45, 7) is 5.39. The number of hydrogen-bond acceptors (Lipinski definition) is 1. The molecule has 0 amide bonds. The molecule has 0 saturated heterocycles. The Bertz CT molecular complexity index is 541. The second-order valence-electron chi connectivity index (χ2n) is 3.59. The molecule has 0 heterocycles. The molecular formula is C14H12BrFO2. The Morgan fingerprint density at radius 3 is 2.61 bits per heavy atom. The van der Waals surface area contributed by atoms with E-state index in [9.17, 15) is 9.18 Å². The van der Waals surface area contributed by atoms with Crippen molar-refractivity contribution in [2.75, 3.05) is 0 Å². The number of benzene rings is 1. The van der Waals surface area contributed by atoms with Gasteiger partial charge in [-0.05, 0) is 35.2 Å². The third kappa shape index (κ3) is 3.67. The van der Waals surface area contributed by atoms with E-state index < -0.39 is 11.8 Å². The van der Waals surface area contributed by atoms with Crippen molar-refractivity contribution >= 4 is 27.5 Å². The summed E-state index contributed by atoms with van der Waals surface area (Å²) >= 11 is 3.27. The molecule has 1 aromatic carbocycles. The summed E-state index contributed by atoms with van der Waals surface area (Å²) in [5, 5.41) is 8.77. The van der Waals surface area contributed by atoms with Gasteiger partial charge in [-0.3, -0.25) is 0 Å². The Kier molecular flexibility index (Phi) is 5.04. The number of carboxylic acids is 1. The molecule has 0 fully saturated rings. The van der Waals surface area contributed by atoms with Gasteiger partial charge in [-0.25, -0.2) is 9.18 Å². The SMILES string of the molecule is C=C/C=C(\C=C(/C)Br)c1ccc(C(=O)O)cc1F. The number of allylic oxidation sites excluding steroid dienone is 5. The van der Waals surface area contributed by atoms with Crippen molar-refractivity contribution in [3.05, 3.63) is 64.4 Å². The van der Waals surface area contributed by atoms with Crippen LogP contribution in [0, 0.1) is 5.82 Å². The van der Waals surface area contributed by atoms with Crippen LogP contribution < -0.4 is 0 Å². The van der Waals surface area contributed by atoms with Crippen molar-refractivity contribution in [1.29, 1.82) is 0 Å². The summed E-state index contributed by atoms with van der Waals surface area (Å²) in [4.78, 5) is 10.7. The van der Waals surface area contributed by atoms with Gasteiger partial charge in [0.25, 0.3) is 0 Å². The van der Waals surface area contributed by atoms with Gasteiger partial charge in [0.05, 0.1) is 5.56 Å². The molecule has 18 heavy (non-hydrogen) atoms. The van der Waals surface area contributed by atoms with Gasteiger partial charge in [-0.2, -0.15) is 0 Å². The van der Waals surface area contributed by atoms with Gasteiger partial charge in [0, 0.05) is 5.56 Å². The lowest BCUT2D eigenvalue weighted by Gasteiger charge is -2.05. The molecule has 0 bridgehead atoms. The molecule has 0 atom stereocenters. The number of halogens is 2. The second-order valence-corrected chi connectivity index (χ2v) is 4.84. The molecule has 0 radical (unpaired) electrons. The van der Waals surface area contributed by atoms with Crippen LogP contribution in [0.25, 0.3) is 5.57 Å². The number of carboxylic acid groups (broad SMARTS) is 1. The fourth-order valence-electron chi connectivity index (χ4n) is 1.44. The summed E-state index contributed by atoms with van der Waals surface area (Å²) < 4.78 is 14.7. The highest BCUT2D eigenvalue weighted by molar-refractivity contribution is 9.11. The lowest BCUT2D eigenvalue weighted by molar-refractivity contribution is 0.0696. The Morgan fingerprint density at radius 1 is 1.50 bits per heavy atom. The fraction of sp³-hybridized carbons (Fsp3) is 0.0714. The van der Waals surface area contributed by atoms with Crippen LogP contribution >= 0.6 is 15.9 Å². The third-order valence-corrected chi connectivity index (χ3v) is 2.41. The van der Waals surface area contributed by atoms with Crippen LogP contribution in [0.15, 0.2) is 47.5 Å². The summed E-state index contributed by atoms with van der Waals surface area (Å²) in [5.74, 6) is -1.73. The van der Waals surface area contributed by atoms with E-state index in [2.05, 4.69) is 22.5 Å². The van der Waals surface area contributed by atoms with E-state index in [1.54, 1.807) is 18.2 Å². The van der Waals surface area contributed by atoms with Crippen LogP contribution in [-0.2, 0) is 0 Å². The number of aromatic carboxylic acids is 1. The van der Waals surface area contributed by atoms with Gasteiger partial charge in [0.2, 0.25) is 0 Å². The van der Waals surface area contributed by atoms with E-state index in [-0.39, 0.29) is 5.56 Å². The average molecular weight is 311 g/mol. The Morgan fingerprint density at radius 2 is 2.17 bits per heavy atom. The molecule has 1 rings (SSSR count). The highest BCUT2D eigenvalue weighted by atomic mass is 79.9. The Labute approximate surface area is 113 Å². The molecule has 1 aromatic rings. The highest BCUT2D eigenvalue weighted by Crippen LogP contribution is 2.23. The van der Waals surface area contributed by atoms with E-state index in [1.165, 1.54) is 12.1 Å². The molecule has 4 heteroatoms. The van der Waals surface area contributed by atoms with Crippen molar-refractivity contribution < 1.29 is 14.3 Å². The smallest absolute Gasteiger partial charge is 0.335 e. The lowest BCUT2D eigenvalue weighted by atomic mass is 10.0. The third-order valence-electron chi connectivity index (χ3n) is 2.18. The quantitative estimate of drug-likeness (QED) is 0.837. The number of rotatable bonds is 4. The minimum atomic E-state index is -1.15. The predicted octanol–water partition coefficient (Wildman–Crippen LogP) is 4.39. The first-order chi connectivity index (χ1) is 8.45. The largest absolute Gasteiger partial charge is 0.478 e. The maximum atomic E-state index is 13.9. The molecule has 0 aliphatic carbocycles. The van der Waals surface area contributed by atoms with Gasteiger partial charge < -0.3 is 5.11 Å². The van der Waals surface area contributed by atoms with Crippen LogP contribution in [0.2, 0.25) is 0 Å². The van der Waals surface area contributed by atoms with Gasteiger partial charge in [-0.15, -0.1) is 0 Å². The monoisotopic (exact) mass is 310 g/mol. The van der Waals surface area contributed by atoms with Gasteiger partial charge in [0.15, 0.2) is 0 Å². The first-order valence-electron chi connectivity index (χ1n) is 5.15. The molecule has 0 spiro atoms. The average Bonchev–Trinajstić information content (AvgIpc) is 2.27. The van der Waals surface area contributed by atoms with Gasteiger partial charge in [-0.1, -0.05) is 40.7 Å². The van der Waals surface area contributed by atoms with Crippen LogP contribution in [0.4, 0.5) is 4.39 Å². The van der Waals surface area contributed by atoms with Crippen molar-refractivity contribution in [1.82, 2.24) is 0 Å². The van der Waals surface area contributed by atoms with E-state index in [0.717, 1.165) is 10.5 Å². The molecule has 94 valence electrons. The first-order valence-corrected chi connectivity index (χ1v) is 5.94. The standard InChI is InChI=1S/C14H12BrFO2/c1-3-4-10(7-9(2)15)12-6-5-11(14(17)18)8-13(12)16/h3-8H,1H2,2H3,(H,17,18)/b9-7+,10-4+. The Hall–Kier alpha value is -1.68. The molecular weight excluding hydrogens is 299 g/mol. The molecule has 0 aromatic heterocycles. The van der Waals surface area contributed by atoms with E-state index >= 15 is 0 Å². The molecule has 2 nitrogen and oxygen atoms in total. The predicted molar refractivity (Wildman–Crippen MR) is 74.2 cm³/mol. The van der Waals surface area contributed by atoms with E-state index in [0.29, 0.717) is 11.1 Å². The van der Waals surface area contributed by atoms with Gasteiger partial charge in [0.1, 0.15) is 5.82 Å². The first kappa shape index (κ1) is 14.4. The second kappa shape index (κ2) is 6.31. The van der Waals surface area contributed by atoms with Crippen molar-refractivity contribution in [2.45, 2.75) is 6.92 Å². The van der Waals surface area contributed by atoms with Crippen molar-refractivity contribution in [2.24, 2.45) is 0 Å². The van der Waals surface area contributed by atoms with Crippen molar-refractivity contribution in [3.8, 4) is 0 Å². The maximum absolute atomic E-state index is 13.9. The molecule has 0 saturated carbocycles. The maximum Gasteiger partial charge on any atom is 0.335 e. The molecule has 0 aliphatic heterocycles. The molecule has 0 unspecified atom stereocenters. The summed E-state index contributed by atoms with van der Waals surface area (Å²) in [5.41, 5.74) is 0.876. The normalized spacial score (nSPS) is 12.4. The van der Waals surface area contributed by atoms with Crippen molar-refractivity contribution in [3.63, 3.8) is 0 Å². The molecule has 1 N–H and O–H groups in total. The van der Waals surface area contributed by atoms with E-state index in [4.69, 9.17) is 5.11 Å². The summed E-state index contributed by atoms with van der Waals surface area (Å²) in [6.07, 6.45) is 4.94. The minimum Gasteiger partial charge on any atom is -0.478 e. The van der Waals surface area contributed by atoms with Crippen LogP contribution in [0.5, 0.6) is 0 Å². The van der Waals surface area contributed by atoms with Crippen LogP contribution in [0.3, 0.4) is 0 Å². The lowest BCUT2D eigenvalue weighted by Crippen LogP contribution is -1.98. The molecule has 0 aliphatic rings. The van der Waals surface area contributed by atoms with Crippen LogP contribution in [0.1, 0.15) is 22.8 Å². The highest BCUT2D eigenvalue weighted by Gasteiger charge is 2.10. The number of carbonyl (C=O) groups is 1. The zero-order valence-corrected chi connectivity index (χ0v) is 11.4. The zero-order valence-electron chi connectivity index (χ0n) is 9.78. The zero-order chi connectivity index (χ0) is 13.7. The number of hydrogen-bond donors (Lipinski definition) is 1. The summed E-state index contributed by atoms with van der Waals surface area (Å²) in [7, 11) is 0.